The van der Waals surface area contributed by atoms with Crippen LogP contribution < -0.4 is 0 Å². The topological polar surface area (TPSA) is 43.4 Å². The lowest BCUT2D eigenvalue weighted by molar-refractivity contribution is -0.158. The van der Waals surface area contributed by atoms with Crippen molar-refractivity contribution in [1.29, 1.82) is 0 Å². The second-order valence-electron chi connectivity index (χ2n) is 2.27. The van der Waals surface area contributed by atoms with Gasteiger partial charge in [0, 0.05) is 6.42 Å². The predicted molar refractivity (Wildman–Crippen MR) is 34.1 cm³/mol. The lowest BCUT2D eigenvalue weighted by Crippen LogP contribution is -2.07. The smallest absolute Gasteiger partial charge is 0.317 e. The third-order valence-electron chi connectivity index (χ3n) is 1.30. The van der Waals surface area contributed by atoms with Crippen LogP contribution in [0.15, 0.2) is 12.2 Å². The van der Waals surface area contributed by atoms with E-state index in [2.05, 4.69) is 11.3 Å². The van der Waals surface area contributed by atoms with Crippen LogP contribution in [0.3, 0.4) is 0 Å². The Labute approximate surface area is 58.7 Å². The van der Waals surface area contributed by atoms with Gasteiger partial charge >= 0.3 is 11.9 Å². The Morgan fingerprint density at radius 3 is 2.60 bits per heavy atom. The van der Waals surface area contributed by atoms with Crippen LogP contribution in [0.4, 0.5) is 0 Å². The first-order valence-electron chi connectivity index (χ1n) is 3.08. The van der Waals surface area contributed by atoms with Gasteiger partial charge < -0.3 is 4.74 Å². The Bertz CT molecular complexity index is 173. The van der Waals surface area contributed by atoms with E-state index >= 15 is 0 Å². The van der Waals surface area contributed by atoms with E-state index in [1.54, 1.807) is 0 Å². The molecule has 0 aliphatic carbocycles. The summed E-state index contributed by atoms with van der Waals surface area (Å²) in [5.74, 6) is -0.920. The first-order chi connectivity index (χ1) is 4.68. The van der Waals surface area contributed by atoms with Crippen LogP contribution in [0.5, 0.6) is 0 Å². The zero-order valence-corrected chi connectivity index (χ0v) is 5.55. The van der Waals surface area contributed by atoms with E-state index in [-0.39, 0.29) is 12.8 Å². The van der Waals surface area contributed by atoms with E-state index in [4.69, 9.17) is 0 Å². The maximum atomic E-state index is 10.6. The van der Waals surface area contributed by atoms with Crippen molar-refractivity contribution in [3.8, 4) is 0 Å². The molecule has 0 saturated carbocycles. The van der Waals surface area contributed by atoms with Gasteiger partial charge in [0.2, 0.25) is 0 Å². The van der Waals surface area contributed by atoms with Crippen molar-refractivity contribution < 1.29 is 14.3 Å². The molecule has 1 aliphatic heterocycles. The summed E-state index contributed by atoms with van der Waals surface area (Å²) in [7, 11) is 0. The molecule has 0 bridgehead atoms. The second kappa shape index (κ2) is 2.64. The van der Waals surface area contributed by atoms with Crippen molar-refractivity contribution in [3.05, 3.63) is 12.2 Å². The van der Waals surface area contributed by atoms with Gasteiger partial charge in [-0.1, -0.05) is 12.2 Å². The number of hydrogen-bond acceptors (Lipinski definition) is 3. The first-order valence-corrected chi connectivity index (χ1v) is 3.08. The molecule has 0 amide bonds. The third kappa shape index (κ3) is 1.69. The highest BCUT2D eigenvalue weighted by Crippen LogP contribution is 2.13. The first kappa shape index (κ1) is 6.99. The van der Waals surface area contributed by atoms with Crippen molar-refractivity contribution in [3.63, 3.8) is 0 Å². The van der Waals surface area contributed by atoms with Gasteiger partial charge in [-0.15, -0.1) is 0 Å². The van der Waals surface area contributed by atoms with Gasteiger partial charge in [-0.2, -0.15) is 0 Å². The molecule has 1 aliphatic rings. The largest absolute Gasteiger partial charge is 0.393 e. The minimum Gasteiger partial charge on any atom is -0.393 e. The molecule has 0 spiro atoms. The average Bonchev–Trinajstić information content (AvgIpc) is 1.93. The predicted octanol–water partition coefficient (Wildman–Crippen LogP) is 0.796. The van der Waals surface area contributed by atoms with E-state index in [9.17, 15) is 9.59 Å². The van der Waals surface area contributed by atoms with Gasteiger partial charge in [-0.3, -0.25) is 9.59 Å². The monoisotopic (exact) mass is 140 g/mol. The second-order valence-corrected chi connectivity index (χ2v) is 2.27. The summed E-state index contributed by atoms with van der Waals surface area (Å²) in [6.07, 6.45) is 1.04. The molecule has 0 aromatic heterocycles. The zero-order chi connectivity index (χ0) is 7.56. The molecule has 10 heavy (non-hydrogen) atoms. The highest BCUT2D eigenvalue weighted by Gasteiger charge is 2.16. The van der Waals surface area contributed by atoms with Crippen molar-refractivity contribution in [2.24, 2.45) is 0 Å². The van der Waals surface area contributed by atoms with Crippen molar-refractivity contribution in [1.82, 2.24) is 0 Å². The lowest BCUT2D eigenvalue weighted by atomic mass is 10.1. The summed E-state index contributed by atoms with van der Waals surface area (Å²) < 4.78 is 4.34. The van der Waals surface area contributed by atoms with E-state index in [1.807, 2.05) is 0 Å². The molecular formula is C7H8O3. The quantitative estimate of drug-likeness (QED) is 0.284. The van der Waals surface area contributed by atoms with Gasteiger partial charge in [0.25, 0.3) is 0 Å². The van der Waals surface area contributed by atoms with Gasteiger partial charge in [0.15, 0.2) is 0 Å². The van der Waals surface area contributed by atoms with Crippen LogP contribution in [0, 0.1) is 0 Å². The lowest BCUT2D eigenvalue weighted by Gasteiger charge is -1.92. The maximum Gasteiger partial charge on any atom is 0.317 e. The molecule has 3 heteroatoms. The third-order valence-corrected chi connectivity index (χ3v) is 1.30. The van der Waals surface area contributed by atoms with E-state index < -0.39 is 11.9 Å². The number of cyclic esters (lactones) is 2. The van der Waals surface area contributed by atoms with Gasteiger partial charge in [0.1, 0.15) is 0 Å². The Morgan fingerprint density at radius 2 is 1.90 bits per heavy atom. The fraction of sp³-hybridized carbons (Fsp3) is 0.429. The number of ether oxygens (including phenoxy) is 1. The molecule has 0 radical (unpaired) electrons. The Hall–Kier alpha value is -1.12. The average molecular weight is 140 g/mol. The van der Waals surface area contributed by atoms with Crippen LogP contribution in [-0.4, -0.2) is 11.9 Å². The molecular weight excluding hydrogens is 132 g/mol. The van der Waals surface area contributed by atoms with E-state index in [0.29, 0.717) is 6.42 Å². The van der Waals surface area contributed by atoms with Gasteiger partial charge in [0.05, 0.1) is 6.42 Å². The van der Waals surface area contributed by atoms with E-state index in [0.717, 1.165) is 5.57 Å². The molecule has 0 aromatic carbocycles. The SMILES string of the molecule is C=C1CCC(=O)OC(=O)C1. The molecule has 54 valence electrons. The highest BCUT2D eigenvalue weighted by atomic mass is 16.6. The standard InChI is InChI=1S/C7H8O3/c1-5-2-3-6(8)10-7(9)4-5/h1-4H2. The molecule has 1 saturated heterocycles. The van der Waals surface area contributed by atoms with Crippen LogP contribution in [0.2, 0.25) is 0 Å². The Kier molecular flexibility index (Phi) is 1.85. The van der Waals surface area contributed by atoms with Gasteiger partial charge in [-0.05, 0) is 6.42 Å². The summed E-state index contributed by atoms with van der Waals surface area (Å²) in [4.78, 5) is 21.2. The number of hydrogen-bond donors (Lipinski definition) is 0. The molecule has 1 fully saturated rings. The fourth-order valence-corrected chi connectivity index (χ4v) is 0.785. The minimum absolute atomic E-state index is 0.186. The molecule has 0 N–H and O–H groups in total. The summed E-state index contributed by atoms with van der Waals surface area (Å²) in [6, 6.07) is 0. The number of rotatable bonds is 0. The summed E-state index contributed by atoms with van der Waals surface area (Å²) in [6.45, 7) is 3.61. The van der Waals surface area contributed by atoms with Crippen molar-refractivity contribution in [2.45, 2.75) is 19.3 Å². The molecule has 1 rings (SSSR count). The minimum atomic E-state index is -0.479. The fourth-order valence-electron chi connectivity index (χ4n) is 0.785. The number of esters is 2. The van der Waals surface area contributed by atoms with Crippen LogP contribution in [-0.2, 0) is 14.3 Å². The summed E-state index contributed by atoms with van der Waals surface area (Å²) in [5, 5.41) is 0. The molecule has 1 heterocycles. The molecule has 0 unspecified atom stereocenters. The summed E-state index contributed by atoms with van der Waals surface area (Å²) >= 11 is 0. The van der Waals surface area contributed by atoms with Crippen molar-refractivity contribution >= 4 is 11.9 Å². The normalized spacial score (nSPS) is 20.2. The molecule has 0 atom stereocenters. The van der Waals surface area contributed by atoms with Crippen LogP contribution >= 0.6 is 0 Å². The van der Waals surface area contributed by atoms with Crippen LogP contribution in [0.25, 0.3) is 0 Å². The Morgan fingerprint density at radius 1 is 1.20 bits per heavy atom. The molecule has 3 nitrogen and oxygen atoms in total. The van der Waals surface area contributed by atoms with Crippen molar-refractivity contribution in [2.75, 3.05) is 0 Å². The maximum absolute atomic E-state index is 10.6. The molecule has 0 aromatic rings. The van der Waals surface area contributed by atoms with E-state index in [1.165, 1.54) is 0 Å². The summed E-state index contributed by atoms with van der Waals surface area (Å²) in [5.41, 5.74) is 0.774. The highest BCUT2D eigenvalue weighted by molar-refractivity contribution is 5.88. The zero-order valence-electron chi connectivity index (χ0n) is 5.55. The van der Waals surface area contributed by atoms with Crippen LogP contribution in [0.1, 0.15) is 19.3 Å². The number of carbonyl (C=O) groups is 2. The Balaban J connectivity index is 2.63. The van der Waals surface area contributed by atoms with Gasteiger partial charge in [-0.25, -0.2) is 0 Å². The number of carbonyl (C=O) groups excluding carboxylic acids is 2.